The van der Waals surface area contributed by atoms with Gasteiger partial charge < -0.3 is 29.0 Å². The van der Waals surface area contributed by atoms with E-state index in [0.29, 0.717) is 6.54 Å². The van der Waals surface area contributed by atoms with Crippen LogP contribution in [0.3, 0.4) is 0 Å². The Bertz CT molecular complexity index is 358. The quantitative estimate of drug-likeness (QED) is 0.826. The molecule has 21 heavy (non-hydrogen) atoms. The molecule has 122 valence electrons. The Morgan fingerprint density at radius 3 is 2.62 bits per heavy atom. The maximum absolute atomic E-state index is 10.5. The van der Waals surface area contributed by atoms with Crippen molar-refractivity contribution in [3.8, 4) is 0 Å². The zero-order chi connectivity index (χ0) is 15.0. The normalized spacial score (nSPS) is 41.1. The number of β-amino-alcohol motifs (C(OH)–C–C–N with tert-alkyl or cyclic N) is 1. The van der Waals surface area contributed by atoms with E-state index >= 15 is 0 Å². The number of aliphatic hydroxyl groups excluding tert-OH is 1. The van der Waals surface area contributed by atoms with Crippen LogP contribution in [0.1, 0.15) is 33.1 Å². The molecule has 3 fully saturated rings. The van der Waals surface area contributed by atoms with Crippen molar-refractivity contribution < 1.29 is 24.1 Å². The second-order valence-electron chi connectivity index (χ2n) is 6.70. The Hall–Kier alpha value is -0.240. The fourth-order valence-corrected chi connectivity index (χ4v) is 3.59. The Labute approximate surface area is 126 Å². The Morgan fingerprint density at radius 1 is 1.24 bits per heavy atom. The largest absolute Gasteiger partial charge is 0.389 e. The van der Waals surface area contributed by atoms with Crippen molar-refractivity contribution in [2.75, 3.05) is 26.7 Å². The molecule has 3 saturated heterocycles. The summed E-state index contributed by atoms with van der Waals surface area (Å²) < 4.78 is 23.0. The average Bonchev–Trinajstić information content (AvgIpc) is 2.91. The van der Waals surface area contributed by atoms with Gasteiger partial charge in [0.05, 0.1) is 6.10 Å². The number of piperidine rings is 1. The summed E-state index contributed by atoms with van der Waals surface area (Å²) in [7, 11) is 1.63. The van der Waals surface area contributed by atoms with Gasteiger partial charge in [0.15, 0.2) is 12.1 Å². The summed E-state index contributed by atoms with van der Waals surface area (Å²) in [5, 5.41) is 10.5. The highest BCUT2D eigenvalue weighted by atomic mass is 16.8. The summed E-state index contributed by atoms with van der Waals surface area (Å²) in [6.07, 6.45) is 1.69. The van der Waals surface area contributed by atoms with Crippen LogP contribution in [0.5, 0.6) is 0 Å². The fraction of sp³-hybridized carbons (Fsp3) is 1.00. The SMILES string of the molecule is CO[C@@H]1[C@H]2OC(C)(C)O[C@H]2O[C@@H]1[C@H](O)CN1CCCCC1. The first-order valence-corrected chi connectivity index (χ1v) is 7.94. The van der Waals surface area contributed by atoms with Gasteiger partial charge in [-0.3, -0.25) is 0 Å². The lowest BCUT2D eigenvalue weighted by Gasteiger charge is -2.32. The molecular weight excluding hydrogens is 274 g/mol. The molecule has 0 spiro atoms. The van der Waals surface area contributed by atoms with Gasteiger partial charge >= 0.3 is 0 Å². The molecule has 0 aromatic rings. The summed E-state index contributed by atoms with van der Waals surface area (Å²) in [5.41, 5.74) is 0. The van der Waals surface area contributed by atoms with E-state index in [9.17, 15) is 5.11 Å². The molecule has 3 aliphatic rings. The van der Waals surface area contributed by atoms with Crippen LogP contribution in [0.4, 0.5) is 0 Å². The number of rotatable bonds is 4. The summed E-state index contributed by atoms with van der Waals surface area (Å²) in [4.78, 5) is 2.30. The van der Waals surface area contributed by atoms with Gasteiger partial charge in [-0.1, -0.05) is 6.42 Å². The molecule has 1 N–H and O–H groups in total. The van der Waals surface area contributed by atoms with Gasteiger partial charge in [0.1, 0.15) is 18.3 Å². The molecule has 0 radical (unpaired) electrons. The van der Waals surface area contributed by atoms with Gasteiger partial charge in [-0.15, -0.1) is 0 Å². The zero-order valence-electron chi connectivity index (χ0n) is 13.2. The number of fused-ring (bicyclic) bond motifs is 1. The molecule has 0 saturated carbocycles. The molecule has 5 atom stereocenters. The highest BCUT2D eigenvalue weighted by molar-refractivity contribution is 4.97. The van der Waals surface area contributed by atoms with Gasteiger partial charge in [-0.05, 0) is 39.8 Å². The molecule has 0 unspecified atom stereocenters. The first kappa shape index (κ1) is 15.6. The number of ether oxygens (including phenoxy) is 4. The molecule has 3 rings (SSSR count). The predicted molar refractivity (Wildman–Crippen MR) is 75.8 cm³/mol. The highest BCUT2D eigenvalue weighted by Gasteiger charge is 2.56. The third kappa shape index (κ3) is 3.25. The van der Waals surface area contributed by atoms with Crippen LogP contribution in [0.25, 0.3) is 0 Å². The number of hydrogen-bond acceptors (Lipinski definition) is 6. The minimum absolute atomic E-state index is 0.272. The van der Waals surface area contributed by atoms with Crippen LogP contribution in [-0.2, 0) is 18.9 Å². The van der Waals surface area contributed by atoms with Crippen LogP contribution >= 0.6 is 0 Å². The van der Waals surface area contributed by atoms with E-state index in [1.54, 1.807) is 7.11 Å². The fourth-order valence-electron chi connectivity index (χ4n) is 3.59. The third-order valence-corrected chi connectivity index (χ3v) is 4.57. The lowest BCUT2D eigenvalue weighted by Crippen LogP contribution is -2.47. The van der Waals surface area contributed by atoms with E-state index in [0.717, 1.165) is 13.1 Å². The lowest BCUT2D eigenvalue weighted by atomic mass is 10.0. The van der Waals surface area contributed by atoms with E-state index in [1.807, 2.05) is 13.8 Å². The topological polar surface area (TPSA) is 60.4 Å². The van der Waals surface area contributed by atoms with Gasteiger partial charge in [0.2, 0.25) is 0 Å². The van der Waals surface area contributed by atoms with Crippen LogP contribution < -0.4 is 0 Å². The molecule has 0 aromatic carbocycles. The van der Waals surface area contributed by atoms with Crippen molar-refractivity contribution in [3.05, 3.63) is 0 Å². The monoisotopic (exact) mass is 301 g/mol. The molecule has 0 bridgehead atoms. The van der Waals surface area contributed by atoms with Crippen LogP contribution in [-0.4, -0.2) is 73.2 Å². The number of hydrogen-bond donors (Lipinski definition) is 1. The Kier molecular flexibility index (Phi) is 4.55. The average molecular weight is 301 g/mol. The molecule has 0 amide bonds. The third-order valence-electron chi connectivity index (χ3n) is 4.57. The first-order chi connectivity index (χ1) is 10.00. The minimum Gasteiger partial charge on any atom is -0.389 e. The second-order valence-corrected chi connectivity index (χ2v) is 6.70. The molecular formula is C15H27NO5. The van der Waals surface area contributed by atoms with Gasteiger partial charge in [0.25, 0.3) is 0 Å². The minimum atomic E-state index is -0.658. The van der Waals surface area contributed by atoms with Crippen molar-refractivity contribution in [2.24, 2.45) is 0 Å². The molecule has 0 aliphatic carbocycles. The Balaban J connectivity index is 1.60. The van der Waals surface area contributed by atoms with E-state index in [4.69, 9.17) is 18.9 Å². The maximum Gasteiger partial charge on any atom is 0.190 e. The predicted octanol–water partition coefficient (Wildman–Crippen LogP) is 0.725. The summed E-state index contributed by atoms with van der Waals surface area (Å²) in [6.45, 7) is 6.44. The molecule has 6 nitrogen and oxygen atoms in total. The summed E-state index contributed by atoms with van der Waals surface area (Å²) >= 11 is 0. The zero-order valence-corrected chi connectivity index (χ0v) is 13.2. The van der Waals surface area contributed by atoms with Crippen molar-refractivity contribution in [1.82, 2.24) is 4.90 Å². The molecule has 3 heterocycles. The van der Waals surface area contributed by atoms with Gasteiger partial charge in [0, 0.05) is 13.7 Å². The first-order valence-electron chi connectivity index (χ1n) is 7.94. The van der Waals surface area contributed by atoms with Crippen molar-refractivity contribution in [2.45, 2.75) is 69.6 Å². The lowest BCUT2D eigenvalue weighted by molar-refractivity contribution is -0.228. The van der Waals surface area contributed by atoms with Crippen molar-refractivity contribution in [3.63, 3.8) is 0 Å². The number of likely N-dealkylation sites (tertiary alicyclic amines) is 1. The number of aliphatic hydroxyl groups is 1. The molecule has 0 aromatic heterocycles. The smallest absolute Gasteiger partial charge is 0.190 e. The van der Waals surface area contributed by atoms with E-state index in [-0.39, 0.29) is 12.2 Å². The second kappa shape index (κ2) is 6.10. The van der Waals surface area contributed by atoms with Crippen molar-refractivity contribution >= 4 is 0 Å². The highest BCUT2D eigenvalue weighted by Crippen LogP contribution is 2.39. The maximum atomic E-state index is 10.5. The van der Waals surface area contributed by atoms with Gasteiger partial charge in [-0.2, -0.15) is 0 Å². The van der Waals surface area contributed by atoms with E-state index < -0.39 is 24.3 Å². The number of nitrogens with zero attached hydrogens (tertiary/aromatic N) is 1. The van der Waals surface area contributed by atoms with E-state index in [1.165, 1.54) is 19.3 Å². The Morgan fingerprint density at radius 2 is 1.95 bits per heavy atom. The number of methoxy groups -OCH3 is 1. The summed E-state index contributed by atoms with van der Waals surface area (Å²) in [6, 6.07) is 0. The van der Waals surface area contributed by atoms with Crippen LogP contribution in [0.2, 0.25) is 0 Å². The van der Waals surface area contributed by atoms with E-state index in [2.05, 4.69) is 4.90 Å². The molecule has 3 aliphatic heterocycles. The standard InChI is InChI=1S/C15H27NO5/c1-15(2)20-13-12(18-3)11(19-14(13)21-15)10(17)9-16-7-5-4-6-8-16/h10-14,17H,4-9H2,1-3H3/t10-,11-,12+,13-,14-/m1/s1. The van der Waals surface area contributed by atoms with Crippen LogP contribution in [0.15, 0.2) is 0 Å². The summed E-state index contributed by atoms with van der Waals surface area (Å²) in [5.74, 6) is -0.658. The van der Waals surface area contributed by atoms with Crippen molar-refractivity contribution in [1.29, 1.82) is 0 Å². The van der Waals surface area contributed by atoms with Crippen LogP contribution in [0, 0.1) is 0 Å². The molecule has 6 heteroatoms. The van der Waals surface area contributed by atoms with Gasteiger partial charge in [-0.25, -0.2) is 0 Å².